The Bertz CT molecular complexity index is 728. The second-order valence-electron chi connectivity index (χ2n) is 5.04. The standard InChI is InChI=1S/C15H16F3N3O2/c1-10(20-13-14(22)21(2)8-7-19-13)9-23-12-6-4-3-5-11(12)15(16,17)18/h3-8,10H,9H2,1-2H3,(H,19,20). The molecule has 0 aliphatic rings. The summed E-state index contributed by atoms with van der Waals surface area (Å²) in [4.78, 5) is 15.7. The maximum atomic E-state index is 12.9. The van der Waals surface area contributed by atoms with Crippen molar-refractivity contribution in [1.29, 1.82) is 0 Å². The number of aryl methyl sites for hydroxylation is 1. The number of alkyl halides is 3. The molecule has 1 N–H and O–H groups in total. The SMILES string of the molecule is CC(COc1ccccc1C(F)(F)F)Nc1nccn(C)c1=O. The van der Waals surface area contributed by atoms with Crippen LogP contribution in [0.4, 0.5) is 19.0 Å². The normalized spacial score (nSPS) is 12.7. The molecule has 1 unspecified atom stereocenters. The lowest BCUT2D eigenvalue weighted by Crippen LogP contribution is -2.30. The Kier molecular flexibility index (Phi) is 4.92. The van der Waals surface area contributed by atoms with Gasteiger partial charge in [0.25, 0.3) is 5.56 Å². The van der Waals surface area contributed by atoms with E-state index in [1.165, 1.54) is 35.2 Å². The van der Waals surface area contributed by atoms with E-state index in [0.29, 0.717) is 0 Å². The van der Waals surface area contributed by atoms with Gasteiger partial charge in [0.1, 0.15) is 12.4 Å². The summed E-state index contributed by atoms with van der Waals surface area (Å²) in [5, 5.41) is 2.83. The Balaban J connectivity index is 2.04. The van der Waals surface area contributed by atoms with E-state index in [9.17, 15) is 18.0 Å². The minimum Gasteiger partial charge on any atom is -0.491 e. The summed E-state index contributed by atoms with van der Waals surface area (Å²) in [5.74, 6) is -0.127. The third-order valence-electron chi connectivity index (χ3n) is 3.08. The first-order chi connectivity index (χ1) is 10.8. The van der Waals surface area contributed by atoms with Crippen LogP contribution in [0.3, 0.4) is 0 Å². The number of rotatable bonds is 5. The van der Waals surface area contributed by atoms with Crippen LogP contribution in [-0.4, -0.2) is 22.2 Å². The van der Waals surface area contributed by atoms with Crippen molar-refractivity contribution in [2.75, 3.05) is 11.9 Å². The van der Waals surface area contributed by atoms with Crippen LogP contribution in [0, 0.1) is 0 Å². The van der Waals surface area contributed by atoms with Crippen LogP contribution < -0.4 is 15.6 Å². The van der Waals surface area contributed by atoms with Gasteiger partial charge in [0, 0.05) is 19.4 Å². The van der Waals surface area contributed by atoms with Crippen molar-refractivity contribution in [3.8, 4) is 5.75 Å². The number of hydrogen-bond donors (Lipinski definition) is 1. The third-order valence-corrected chi connectivity index (χ3v) is 3.08. The summed E-state index contributed by atoms with van der Waals surface area (Å²) in [5.41, 5.74) is -1.16. The van der Waals surface area contributed by atoms with Crippen LogP contribution >= 0.6 is 0 Å². The van der Waals surface area contributed by atoms with E-state index in [4.69, 9.17) is 4.74 Å². The smallest absolute Gasteiger partial charge is 0.419 e. The number of aromatic nitrogens is 2. The number of anilines is 1. The molecule has 0 aliphatic carbocycles. The van der Waals surface area contributed by atoms with Crippen molar-refractivity contribution in [3.05, 3.63) is 52.6 Å². The molecule has 0 amide bonds. The van der Waals surface area contributed by atoms with Crippen molar-refractivity contribution >= 4 is 5.82 Å². The molecule has 0 spiro atoms. The minimum absolute atomic E-state index is 0.0488. The molecule has 23 heavy (non-hydrogen) atoms. The first-order valence-electron chi connectivity index (χ1n) is 6.86. The fraction of sp³-hybridized carbons (Fsp3) is 0.333. The molecule has 8 heteroatoms. The van der Waals surface area contributed by atoms with Crippen molar-refractivity contribution in [2.24, 2.45) is 7.05 Å². The maximum absolute atomic E-state index is 12.9. The number of ether oxygens (including phenoxy) is 1. The molecule has 2 rings (SSSR count). The molecule has 2 aromatic rings. The predicted octanol–water partition coefficient (Wildman–Crippen LogP) is 2.68. The van der Waals surface area contributed by atoms with Gasteiger partial charge < -0.3 is 14.6 Å². The zero-order chi connectivity index (χ0) is 17.0. The Hall–Kier alpha value is -2.51. The molecule has 0 aliphatic heterocycles. The number of nitrogens with one attached hydrogen (secondary N) is 1. The second kappa shape index (κ2) is 6.72. The summed E-state index contributed by atoms with van der Waals surface area (Å²) >= 11 is 0. The lowest BCUT2D eigenvalue weighted by Gasteiger charge is -2.18. The molecule has 0 fully saturated rings. The zero-order valence-corrected chi connectivity index (χ0v) is 12.6. The first-order valence-corrected chi connectivity index (χ1v) is 6.86. The number of nitrogens with zero attached hydrogens (tertiary/aromatic N) is 2. The van der Waals surface area contributed by atoms with Gasteiger partial charge in [0.05, 0.1) is 11.6 Å². The molecule has 5 nitrogen and oxygen atoms in total. The minimum atomic E-state index is -4.48. The van der Waals surface area contributed by atoms with E-state index in [0.717, 1.165) is 6.07 Å². The Labute approximate surface area is 130 Å². The topological polar surface area (TPSA) is 56.1 Å². The molecule has 124 valence electrons. The lowest BCUT2D eigenvalue weighted by atomic mass is 10.2. The van der Waals surface area contributed by atoms with E-state index in [-0.39, 0.29) is 23.7 Å². The Morgan fingerprint density at radius 1 is 1.35 bits per heavy atom. The average Bonchev–Trinajstić information content (AvgIpc) is 2.49. The molecule has 0 radical (unpaired) electrons. The highest BCUT2D eigenvalue weighted by Crippen LogP contribution is 2.35. The quantitative estimate of drug-likeness (QED) is 0.917. The van der Waals surface area contributed by atoms with E-state index < -0.39 is 17.8 Å². The van der Waals surface area contributed by atoms with Crippen LogP contribution in [0.5, 0.6) is 5.75 Å². The van der Waals surface area contributed by atoms with Gasteiger partial charge in [-0.1, -0.05) is 12.1 Å². The van der Waals surface area contributed by atoms with Gasteiger partial charge in [-0.2, -0.15) is 13.2 Å². The van der Waals surface area contributed by atoms with Crippen molar-refractivity contribution in [1.82, 2.24) is 9.55 Å². The van der Waals surface area contributed by atoms with Crippen LogP contribution in [0.1, 0.15) is 12.5 Å². The van der Waals surface area contributed by atoms with Crippen molar-refractivity contribution in [2.45, 2.75) is 19.1 Å². The summed E-state index contributed by atoms with van der Waals surface area (Å²) in [6, 6.07) is 4.59. The van der Waals surface area contributed by atoms with Crippen molar-refractivity contribution in [3.63, 3.8) is 0 Å². The van der Waals surface area contributed by atoms with E-state index >= 15 is 0 Å². The van der Waals surface area contributed by atoms with Gasteiger partial charge in [0.15, 0.2) is 5.82 Å². The summed E-state index contributed by atoms with van der Waals surface area (Å²) < 4.78 is 45.2. The Morgan fingerprint density at radius 3 is 2.74 bits per heavy atom. The van der Waals surface area contributed by atoms with Gasteiger partial charge in [-0.05, 0) is 19.1 Å². The molecule has 0 bridgehead atoms. The zero-order valence-electron chi connectivity index (χ0n) is 12.6. The van der Waals surface area contributed by atoms with Crippen LogP contribution in [0.25, 0.3) is 0 Å². The number of para-hydroxylation sites is 1. The molecule has 1 heterocycles. The third kappa shape index (κ3) is 4.24. The largest absolute Gasteiger partial charge is 0.491 e. The van der Waals surface area contributed by atoms with E-state index in [1.807, 2.05) is 0 Å². The summed E-state index contributed by atoms with van der Waals surface area (Å²) in [7, 11) is 1.58. The fourth-order valence-electron chi connectivity index (χ4n) is 1.91. The molecular formula is C15H16F3N3O2. The van der Waals surface area contributed by atoms with Gasteiger partial charge in [-0.3, -0.25) is 4.79 Å². The fourth-order valence-corrected chi connectivity index (χ4v) is 1.91. The van der Waals surface area contributed by atoms with E-state index in [1.54, 1.807) is 14.0 Å². The predicted molar refractivity (Wildman–Crippen MR) is 79.5 cm³/mol. The van der Waals surface area contributed by atoms with Gasteiger partial charge in [-0.15, -0.1) is 0 Å². The average molecular weight is 327 g/mol. The molecule has 1 atom stereocenters. The Morgan fingerprint density at radius 2 is 2.04 bits per heavy atom. The molecular weight excluding hydrogens is 311 g/mol. The highest BCUT2D eigenvalue weighted by molar-refractivity contribution is 5.36. The number of benzene rings is 1. The number of hydrogen-bond acceptors (Lipinski definition) is 4. The summed E-state index contributed by atoms with van der Waals surface area (Å²) in [6.07, 6.45) is -1.52. The second-order valence-corrected chi connectivity index (χ2v) is 5.04. The van der Waals surface area contributed by atoms with Crippen molar-refractivity contribution < 1.29 is 17.9 Å². The highest BCUT2D eigenvalue weighted by atomic mass is 19.4. The monoisotopic (exact) mass is 327 g/mol. The van der Waals surface area contributed by atoms with Gasteiger partial charge in [0.2, 0.25) is 0 Å². The first kappa shape index (κ1) is 16.9. The maximum Gasteiger partial charge on any atom is 0.419 e. The molecule has 0 saturated heterocycles. The summed E-state index contributed by atoms with van der Waals surface area (Å²) in [6.45, 7) is 1.64. The highest BCUT2D eigenvalue weighted by Gasteiger charge is 2.34. The lowest BCUT2D eigenvalue weighted by molar-refractivity contribution is -0.139. The van der Waals surface area contributed by atoms with Crippen LogP contribution in [-0.2, 0) is 13.2 Å². The van der Waals surface area contributed by atoms with Gasteiger partial charge in [-0.25, -0.2) is 4.98 Å². The molecule has 1 aromatic heterocycles. The molecule has 1 aromatic carbocycles. The van der Waals surface area contributed by atoms with Crippen LogP contribution in [0.15, 0.2) is 41.5 Å². The molecule has 0 saturated carbocycles. The van der Waals surface area contributed by atoms with E-state index in [2.05, 4.69) is 10.3 Å². The van der Waals surface area contributed by atoms with Gasteiger partial charge >= 0.3 is 6.18 Å². The van der Waals surface area contributed by atoms with Crippen LogP contribution in [0.2, 0.25) is 0 Å². The number of halogens is 3.